The number of likely N-dealkylation sites (tertiary alicyclic amines) is 1. The lowest BCUT2D eigenvalue weighted by atomic mass is 10.1. The number of aliphatic carboxylic acids is 1. The molecule has 1 fully saturated rings. The summed E-state index contributed by atoms with van der Waals surface area (Å²) in [7, 11) is 0. The number of nitrogens with one attached hydrogen (secondary N) is 2. The van der Waals surface area contributed by atoms with Crippen LogP contribution in [-0.2, 0) is 9.59 Å². The zero-order valence-corrected chi connectivity index (χ0v) is 13.2. The van der Waals surface area contributed by atoms with Crippen molar-refractivity contribution >= 4 is 29.7 Å². The highest BCUT2D eigenvalue weighted by atomic mass is 32.2. The first kappa shape index (κ1) is 17.6. The normalized spacial score (nSPS) is 17.1. The maximum absolute atomic E-state index is 12.1. The van der Waals surface area contributed by atoms with Gasteiger partial charge in [0.2, 0.25) is 5.91 Å². The predicted octanol–water partition coefficient (Wildman–Crippen LogP) is 0.503. The summed E-state index contributed by atoms with van der Waals surface area (Å²) in [4.78, 5) is 35.8. The number of carboxylic acid groups (broad SMARTS) is 1. The molecule has 120 valence electrons. The monoisotopic (exact) mass is 317 g/mol. The van der Waals surface area contributed by atoms with Crippen molar-refractivity contribution in [2.24, 2.45) is 0 Å². The van der Waals surface area contributed by atoms with E-state index in [0.717, 1.165) is 0 Å². The smallest absolute Gasteiger partial charge is 0.326 e. The molecule has 7 nitrogen and oxygen atoms in total. The van der Waals surface area contributed by atoms with Crippen molar-refractivity contribution < 1.29 is 19.5 Å². The second kappa shape index (κ2) is 8.76. The second-order valence-electron chi connectivity index (χ2n) is 5.08. The van der Waals surface area contributed by atoms with Crippen LogP contribution in [0.3, 0.4) is 0 Å². The van der Waals surface area contributed by atoms with Crippen LogP contribution in [0.4, 0.5) is 4.79 Å². The van der Waals surface area contributed by atoms with Crippen molar-refractivity contribution in [2.75, 3.05) is 25.1 Å². The molecule has 8 heteroatoms. The van der Waals surface area contributed by atoms with Crippen LogP contribution in [0, 0.1) is 0 Å². The van der Waals surface area contributed by atoms with Crippen molar-refractivity contribution in [2.45, 2.75) is 38.3 Å². The third kappa shape index (κ3) is 6.24. The van der Waals surface area contributed by atoms with Crippen LogP contribution < -0.4 is 10.6 Å². The number of carbonyl (C=O) groups excluding carboxylic acids is 2. The van der Waals surface area contributed by atoms with E-state index in [-0.39, 0.29) is 18.0 Å². The molecule has 3 amide bonds. The minimum atomic E-state index is -1.01. The lowest BCUT2D eigenvalue weighted by Gasteiger charge is -2.33. The largest absolute Gasteiger partial charge is 0.480 e. The highest BCUT2D eigenvalue weighted by Crippen LogP contribution is 2.11. The molecule has 1 atom stereocenters. The average molecular weight is 317 g/mol. The van der Waals surface area contributed by atoms with Crippen LogP contribution in [-0.4, -0.2) is 65.1 Å². The highest BCUT2D eigenvalue weighted by molar-refractivity contribution is 7.98. The molecule has 0 aromatic rings. The number of piperidine rings is 1. The first-order chi connectivity index (χ1) is 9.93. The third-order valence-corrected chi connectivity index (χ3v) is 4.04. The van der Waals surface area contributed by atoms with E-state index in [1.807, 2.05) is 6.26 Å². The number of amides is 3. The Morgan fingerprint density at radius 1 is 1.33 bits per heavy atom. The Bertz CT molecular complexity index is 384. The first-order valence-electron chi connectivity index (χ1n) is 6.98. The van der Waals surface area contributed by atoms with Gasteiger partial charge in [-0.3, -0.25) is 4.79 Å². The lowest BCUT2D eigenvalue weighted by molar-refractivity contribution is -0.139. The molecule has 0 bridgehead atoms. The van der Waals surface area contributed by atoms with E-state index in [1.54, 1.807) is 16.7 Å². The number of urea groups is 1. The van der Waals surface area contributed by atoms with Gasteiger partial charge in [-0.15, -0.1) is 0 Å². The fourth-order valence-electron chi connectivity index (χ4n) is 2.25. The molecule has 1 heterocycles. The zero-order valence-electron chi connectivity index (χ0n) is 12.4. The van der Waals surface area contributed by atoms with Gasteiger partial charge in [-0.25, -0.2) is 9.59 Å². The van der Waals surface area contributed by atoms with E-state index >= 15 is 0 Å². The summed E-state index contributed by atoms with van der Waals surface area (Å²) in [5.74, 6) is -0.395. The van der Waals surface area contributed by atoms with Crippen LogP contribution in [0.25, 0.3) is 0 Å². The first-order valence-corrected chi connectivity index (χ1v) is 8.37. The molecule has 1 saturated heterocycles. The van der Waals surface area contributed by atoms with Crippen molar-refractivity contribution in [3.63, 3.8) is 0 Å². The van der Waals surface area contributed by atoms with Gasteiger partial charge in [-0.05, 0) is 31.3 Å². The summed E-state index contributed by atoms with van der Waals surface area (Å²) in [5, 5.41) is 14.5. The van der Waals surface area contributed by atoms with Gasteiger partial charge in [0, 0.05) is 26.1 Å². The molecule has 0 spiro atoms. The summed E-state index contributed by atoms with van der Waals surface area (Å²) >= 11 is 1.55. The minimum Gasteiger partial charge on any atom is -0.480 e. The second-order valence-corrected chi connectivity index (χ2v) is 6.07. The van der Waals surface area contributed by atoms with E-state index in [9.17, 15) is 14.4 Å². The number of nitrogens with zero attached hydrogens (tertiary/aromatic N) is 1. The van der Waals surface area contributed by atoms with Crippen LogP contribution in [0.15, 0.2) is 0 Å². The molecule has 0 aromatic heterocycles. The summed E-state index contributed by atoms with van der Waals surface area (Å²) in [6.07, 6.45) is 3.68. The van der Waals surface area contributed by atoms with Crippen molar-refractivity contribution in [1.29, 1.82) is 0 Å². The molecule has 0 aliphatic carbocycles. The molecule has 1 rings (SSSR count). The Balaban J connectivity index is 2.41. The maximum Gasteiger partial charge on any atom is 0.326 e. The van der Waals surface area contributed by atoms with Gasteiger partial charge in [0.15, 0.2) is 0 Å². The van der Waals surface area contributed by atoms with E-state index < -0.39 is 12.0 Å². The number of thioether (sulfide) groups is 1. The molecule has 1 aliphatic rings. The van der Waals surface area contributed by atoms with Crippen molar-refractivity contribution in [1.82, 2.24) is 15.5 Å². The average Bonchev–Trinajstić information content (AvgIpc) is 2.43. The van der Waals surface area contributed by atoms with Gasteiger partial charge in [0.1, 0.15) is 6.04 Å². The van der Waals surface area contributed by atoms with E-state index in [4.69, 9.17) is 5.11 Å². The van der Waals surface area contributed by atoms with Gasteiger partial charge >= 0.3 is 12.0 Å². The summed E-state index contributed by atoms with van der Waals surface area (Å²) < 4.78 is 0. The van der Waals surface area contributed by atoms with Gasteiger partial charge in [-0.1, -0.05) is 0 Å². The molecular formula is C13H23N3O4S. The minimum absolute atomic E-state index is 0.0686. The SMILES string of the molecule is CSCCC(NC(=O)N1CCC(NC(C)=O)CC1)C(=O)O. The van der Waals surface area contributed by atoms with Crippen LogP contribution in [0.2, 0.25) is 0 Å². The van der Waals surface area contributed by atoms with Gasteiger partial charge in [-0.2, -0.15) is 11.8 Å². The summed E-state index contributed by atoms with van der Waals surface area (Å²) in [6.45, 7) is 2.51. The van der Waals surface area contributed by atoms with Crippen LogP contribution in [0.5, 0.6) is 0 Å². The van der Waals surface area contributed by atoms with E-state index in [2.05, 4.69) is 10.6 Å². The quantitative estimate of drug-likeness (QED) is 0.663. The molecule has 1 unspecified atom stereocenters. The van der Waals surface area contributed by atoms with E-state index in [0.29, 0.717) is 38.1 Å². The topological polar surface area (TPSA) is 98.7 Å². The number of carbonyl (C=O) groups is 3. The molecule has 3 N–H and O–H groups in total. The Morgan fingerprint density at radius 3 is 2.43 bits per heavy atom. The number of hydrogen-bond acceptors (Lipinski definition) is 4. The Labute approximate surface area is 128 Å². The molecule has 0 radical (unpaired) electrons. The Morgan fingerprint density at radius 2 is 1.95 bits per heavy atom. The number of carboxylic acids is 1. The predicted molar refractivity (Wildman–Crippen MR) is 81.4 cm³/mol. The molecule has 0 saturated carbocycles. The zero-order chi connectivity index (χ0) is 15.8. The number of rotatable bonds is 6. The summed E-state index contributed by atoms with van der Waals surface area (Å²) in [5.41, 5.74) is 0. The highest BCUT2D eigenvalue weighted by Gasteiger charge is 2.26. The molecule has 0 aromatic carbocycles. The Hall–Kier alpha value is -1.44. The standard InChI is InChI=1S/C13H23N3O4S/c1-9(17)14-10-3-6-16(7-4-10)13(20)15-11(12(18)19)5-8-21-2/h10-11H,3-8H2,1-2H3,(H,14,17)(H,15,20)(H,18,19). The third-order valence-electron chi connectivity index (χ3n) is 3.40. The number of hydrogen-bond donors (Lipinski definition) is 3. The van der Waals surface area contributed by atoms with E-state index in [1.165, 1.54) is 6.92 Å². The molecule has 1 aliphatic heterocycles. The van der Waals surface area contributed by atoms with Gasteiger partial charge < -0.3 is 20.6 Å². The molecule has 21 heavy (non-hydrogen) atoms. The maximum atomic E-state index is 12.1. The fourth-order valence-corrected chi connectivity index (χ4v) is 2.72. The lowest BCUT2D eigenvalue weighted by Crippen LogP contribution is -2.52. The van der Waals surface area contributed by atoms with Crippen molar-refractivity contribution in [3.05, 3.63) is 0 Å². The Kier molecular flexibility index (Phi) is 7.35. The molecular weight excluding hydrogens is 294 g/mol. The summed E-state index contributed by atoms with van der Waals surface area (Å²) in [6, 6.07) is -1.10. The fraction of sp³-hybridized carbons (Fsp3) is 0.769. The van der Waals surface area contributed by atoms with Gasteiger partial charge in [0.05, 0.1) is 0 Å². The van der Waals surface area contributed by atoms with Crippen LogP contribution >= 0.6 is 11.8 Å². The van der Waals surface area contributed by atoms with Gasteiger partial charge in [0.25, 0.3) is 0 Å². The van der Waals surface area contributed by atoms with Crippen molar-refractivity contribution in [3.8, 4) is 0 Å². The van der Waals surface area contributed by atoms with Crippen LogP contribution in [0.1, 0.15) is 26.2 Å².